The van der Waals surface area contributed by atoms with E-state index in [0.717, 1.165) is 15.9 Å². The molecule has 9 nitrogen and oxygen atoms in total. The Hall–Kier alpha value is -2.88. The molecule has 2 heterocycles. The van der Waals surface area contributed by atoms with Gasteiger partial charge in [0.2, 0.25) is 5.69 Å². The van der Waals surface area contributed by atoms with Crippen molar-refractivity contribution in [2.45, 2.75) is 0 Å². The predicted octanol–water partition coefficient (Wildman–Crippen LogP) is 1.12. The van der Waals surface area contributed by atoms with E-state index in [1.807, 2.05) is 0 Å². The lowest BCUT2D eigenvalue weighted by Gasteiger charge is -2.00. The summed E-state index contributed by atoms with van der Waals surface area (Å²) in [6.07, 6.45) is 0. The van der Waals surface area contributed by atoms with E-state index in [-0.39, 0.29) is 16.9 Å². The van der Waals surface area contributed by atoms with Crippen molar-refractivity contribution in [3.63, 3.8) is 0 Å². The number of nitrogens with one attached hydrogen (secondary N) is 1. The molecule has 1 N–H and O–H groups in total. The third kappa shape index (κ3) is 1.92. The van der Waals surface area contributed by atoms with Crippen LogP contribution >= 0.6 is 11.3 Å². The van der Waals surface area contributed by atoms with Crippen molar-refractivity contribution in [2.75, 3.05) is 7.11 Å². The zero-order valence-electron chi connectivity index (χ0n) is 10.6. The van der Waals surface area contributed by atoms with Crippen molar-refractivity contribution in [3.05, 3.63) is 39.5 Å². The first-order valence-electron chi connectivity index (χ1n) is 5.62. The van der Waals surface area contributed by atoms with E-state index in [1.54, 1.807) is 0 Å². The molecule has 0 spiro atoms. The van der Waals surface area contributed by atoms with Gasteiger partial charge in [0.15, 0.2) is 10.3 Å². The minimum Gasteiger partial charge on any atom is -0.464 e. The first kappa shape index (κ1) is 13.1. The molecule has 10 heteroatoms. The van der Waals surface area contributed by atoms with E-state index in [1.165, 1.54) is 25.3 Å². The summed E-state index contributed by atoms with van der Waals surface area (Å²) in [7, 11) is 1.23. The second kappa shape index (κ2) is 4.59. The highest BCUT2D eigenvalue weighted by Crippen LogP contribution is 2.25. The number of esters is 1. The van der Waals surface area contributed by atoms with Gasteiger partial charge in [0.1, 0.15) is 0 Å². The smallest absolute Gasteiger partial charge is 0.361 e. The SMILES string of the molecule is COC(=O)c1nnn2c(=N)c3cc([N+](=O)[O-])ccc3sc12. The fourth-order valence-electron chi connectivity index (χ4n) is 1.86. The van der Waals surface area contributed by atoms with Crippen LogP contribution in [0.25, 0.3) is 14.9 Å². The number of nitrogens with zero attached hydrogens (tertiary/aromatic N) is 4. The van der Waals surface area contributed by atoms with E-state index in [0.29, 0.717) is 14.9 Å². The van der Waals surface area contributed by atoms with Gasteiger partial charge in [-0.05, 0) is 6.07 Å². The Kier molecular flexibility index (Phi) is 2.87. The molecule has 0 amide bonds. The molecule has 2 aromatic heterocycles. The van der Waals surface area contributed by atoms with Crippen molar-refractivity contribution in [1.29, 1.82) is 5.41 Å². The van der Waals surface area contributed by atoms with Crippen LogP contribution in [-0.2, 0) is 4.74 Å². The number of ether oxygens (including phenoxy) is 1. The summed E-state index contributed by atoms with van der Waals surface area (Å²) in [4.78, 5) is 22.2. The second-order valence-electron chi connectivity index (χ2n) is 4.03. The summed E-state index contributed by atoms with van der Waals surface area (Å²) in [6.45, 7) is 0. The molecular formula is C11H7N5O4S. The van der Waals surface area contributed by atoms with Crippen LogP contribution in [0.5, 0.6) is 0 Å². The highest BCUT2D eigenvalue weighted by Gasteiger charge is 2.19. The minimum atomic E-state index is -0.651. The molecule has 106 valence electrons. The molecular weight excluding hydrogens is 298 g/mol. The van der Waals surface area contributed by atoms with Gasteiger partial charge >= 0.3 is 5.97 Å². The van der Waals surface area contributed by atoms with Crippen molar-refractivity contribution in [1.82, 2.24) is 14.8 Å². The van der Waals surface area contributed by atoms with Gasteiger partial charge in [-0.25, -0.2) is 4.79 Å². The Morgan fingerprint density at radius 2 is 2.29 bits per heavy atom. The molecule has 3 rings (SSSR count). The Labute approximate surface area is 120 Å². The van der Waals surface area contributed by atoms with Crippen molar-refractivity contribution >= 4 is 37.9 Å². The second-order valence-corrected chi connectivity index (χ2v) is 5.07. The van der Waals surface area contributed by atoms with Crippen molar-refractivity contribution < 1.29 is 14.5 Å². The lowest BCUT2D eigenvalue weighted by atomic mass is 10.2. The zero-order chi connectivity index (χ0) is 15.1. The molecule has 0 fully saturated rings. The lowest BCUT2D eigenvalue weighted by molar-refractivity contribution is -0.384. The Bertz CT molecular complexity index is 960. The molecule has 0 bridgehead atoms. The highest BCUT2D eigenvalue weighted by molar-refractivity contribution is 7.23. The summed E-state index contributed by atoms with van der Waals surface area (Å²) < 4.78 is 6.38. The number of nitro groups is 1. The zero-order valence-corrected chi connectivity index (χ0v) is 11.4. The van der Waals surface area contributed by atoms with Gasteiger partial charge in [-0.15, -0.1) is 16.4 Å². The maximum atomic E-state index is 11.6. The molecule has 0 atom stereocenters. The molecule has 0 aliphatic heterocycles. The monoisotopic (exact) mass is 305 g/mol. The number of benzene rings is 1. The molecule has 0 aliphatic rings. The molecule has 0 radical (unpaired) electrons. The van der Waals surface area contributed by atoms with Gasteiger partial charge in [-0.2, -0.15) is 4.52 Å². The molecule has 0 saturated carbocycles. The van der Waals surface area contributed by atoms with Crippen LogP contribution in [0.15, 0.2) is 18.2 Å². The van der Waals surface area contributed by atoms with Crippen LogP contribution in [0.1, 0.15) is 10.5 Å². The molecule has 21 heavy (non-hydrogen) atoms. The minimum absolute atomic E-state index is 0.0104. The Morgan fingerprint density at radius 1 is 1.52 bits per heavy atom. The largest absolute Gasteiger partial charge is 0.464 e. The Morgan fingerprint density at radius 3 is 2.95 bits per heavy atom. The number of carbonyl (C=O) groups is 1. The van der Waals surface area contributed by atoms with Gasteiger partial charge in [-0.1, -0.05) is 5.21 Å². The maximum absolute atomic E-state index is 11.6. The van der Waals surface area contributed by atoms with Crippen LogP contribution in [0.3, 0.4) is 0 Å². The summed E-state index contributed by atoms with van der Waals surface area (Å²) in [5.74, 6) is -0.651. The third-order valence-electron chi connectivity index (χ3n) is 2.86. The average Bonchev–Trinajstić information content (AvgIpc) is 2.90. The average molecular weight is 305 g/mol. The summed E-state index contributed by atoms with van der Waals surface area (Å²) in [5.41, 5.74) is -0.183. The van der Waals surface area contributed by atoms with Crippen LogP contribution in [0.4, 0.5) is 5.69 Å². The first-order valence-corrected chi connectivity index (χ1v) is 6.44. The van der Waals surface area contributed by atoms with E-state index in [4.69, 9.17) is 5.41 Å². The van der Waals surface area contributed by atoms with Crippen LogP contribution < -0.4 is 5.49 Å². The number of non-ortho nitro benzene ring substituents is 1. The predicted molar refractivity (Wildman–Crippen MR) is 72.2 cm³/mol. The van der Waals surface area contributed by atoms with Gasteiger partial charge < -0.3 is 4.74 Å². The number of nitro benzene ring substituents is 1. The normalized spacial score (nSPS) is 10.9. The van der Waals surface area contributed by atoms with E-state index in [2.05, 4.69) is 15.0 Å². The van der Waals surface area contributed by atoms with Crippen LogP contribution in [0, 0.1) is 15.5 Å². The Balaban J connectivity index is 2.39. The maximum Gasteiger partial charge on any atom is 0.361 e. The summed E-state index contributed by atoms with van der Waals surface area (Å²) >= 11 is 1.16. The number of fused-ring (bicyclic) bond motifs is 2. The first-order chi connectivity index (χ1) is 10.0. The lowest BCUT2D eigenvalue weighted by Crippen LogP contribution is -2.14. The van der Waals surface area contributed by atoms with E-state index in [9.17, 15) is 14.9 Å². The van der Waals surface area contributed by atoms with Crippen molar-refractivity contribution in [3.8, 4) is 0 Å². The number of hydrogen-bond donors (Lipinski definition) is 1. The summed E-state index contributed by atoms with van der Waals surface area (Å²) in [6, 6.07) is 4.17. The van der Waals surface area contributed by atoms with Crippen LogP contribution in [0.2, 0.25) is 0 Å². The molecule has 3 aromatic rings. The summed E-state index contributed by atoms with van der Waals surface area (Å²) in [5, 5.41) is 26.7. The van der Waals surface area contributed by atoms with Gasteiger partial charge in [0.25, 0.3) is 5.69 Å². The van der Waals surface area contributed by atoms with Gasteiger partial charge in [0, 0.05) is 22.2 Å². The molecule has 0 aliphatic carbocycles. The number of rotatable bonds is 2. The number of aromatic nitrogens is 3. The number of methoxy groups -OCH3 is 1. The fraction of sp³-hybridized carbons (Fsp3) is 0.0909. The highest BCUT2D eigenvalue weighted by atomic mass is 32.1. The third-order valence-corrected chi connectivity index (χ3v) is 3.99. The topological polar surface area (TPSA) is 123 Å². The van der Waals surface area contributed by atoms with E-state index < -0.39 is 10.9 Å². The molecule has 0 unspecified atom stereocenters. The molecule has 0 saturated heterocycles. The van der Waals surface area contributed by atoms with E-state index >= 15 is 0 Å². The van der Waals surface area contributed by atoms with Gasteiger partial charge in [0.05, 0.1) is 12.0 Å². The number of hydrogen-bond acceptors (Lipinski definition) is 8. The van der Waals surface area contributed by atoms with Crippen molar-refractivity contribution in [2.24, 2.45) is 0 Å². The fourth-order valence-corrected chi connectivity index (χ4v) is 2.90. The quantitative estimate of drug-likeness (QED) is 0.430. The van der Waals surface area contributed by atoms with Crippen LogP contribution in [-0.4, -0.2) is 32.8 Å². The van der Waals surface area contributed by atoms with Gasteiger partial charge in [-0.3, -0.25) is 15.5 Å². The number of carbonyl (C=O) groups excluding carboxylic acids is 1. The standard InChI is InChI=1S/C11H7N5O4S/c1-20-11(17)8-10-15(14-13-8)9(12)6-4-5(16(18)19)2-3-7(6)21-10/h2-4,12H,1H3. The molecule has 1 aromatic carbocycles.